The first-order chi connectivity index (χ1) is 8.24. The second-order valence-electron chi connectivity index (χ2n) is 5.05. The molecule has 2 N–H and O–H groups in total. The molecule has 2 heterocycles. The third kappa shape index (κ3) is 1.96. The van der Waals surface area contributed by atoms with Crippen LogP contribution in [0.5, 0.6) is 0 Å². The summed E-state index contributed by atoms with van der Waals surface area (Å²) in [6.45, 7) is 5.46. The topological polar surface area (TPSA) is 31.1 Å². The van der Waals surface area contributed by atoms with Crippen molar-refractivity contribution in [3.05, 3.63) is 35.5 Å². The number of likely N-dealkylation sites (N-methyl/N-ethyl adjacent to an activating group) is 1. The van der Waals surface area contributed by atoms with E-state index < -0.39 is 0 Å². The Bertz CT molecular complexity index is 529. The van der Waals surface area contributed by atoms with Gasteiger partial charge in [0.2, 0.25) is 0 Å². The molecular weight excluding hydrogens is 210 g/mol. The van der Waals surface area contributed by atoms with E-state index >= 15 is 0 Å². The van der Waals surface area contributed by atoms with Crippen LogP contribution in [-0.2, 0) is 0 Å². The number of rotatable bonds is 1. The average Bonchev–Trinajstić information content (AvgIpc) is 2.71. The summed E-state index contributed by atoms with van der Waals surface area (Å²) < 4.78 is 0. The van der Waals surface area contributed by atoms with E-state index in [2.05, 4.69) is 53.6 Å². The zero-order valence-electron chi connectivity index (χ0n) is 10.5. The average molecular weight is 229 g/mol. The predicted octanol–water partition coefficient (Wildman–Crippen LogP) is 2.05. The van der Waals surface area contributed by atoms with Crippen LogP contribution >= 0.6 is 0 Å². The van der Waals surface area contributed by atoms with Crippen LogP contribution in [-0.4, -0.2) is 36.6 Å². The van der Waals surface area contributed by atoms with Crippen molar-refractivity contribution in [2.75, 3.05) is 26.7 Å². The Hall–Kier alpha value is -1.32. The molecule has 90 valence electrons. The first kappa shape index (κ1) is 10.8. The van der Waals surface area contributed by atoms with Gasteiger partial charge in [-0.2, -0.15) is 0 Å². The lowest BCUT2D eigenvalue weighted by atomic mass is 10.0. The highest BCUT2D eigenvalue weighted by molar-refractivity contribution is 5.83. The first-order valence-electron chi connectivity index (χ1n) is 6.23. The number of nitrogens with one attached hydrogen (secondary N) is 2. The van der Waals surface area contributed by atoms with Crippen LogP contribution in [0.4, 0.5) is 0 Å². The van der Waals surface area contributed by atoms with Crippen molar-refractivity contribution in [3.63, 3.8) is 0 Å². The minimum Gasteiger partial charge on any atom is -0.361 e. The third-order valence-electron chi connectivity index (χ3n) is 3.69. The quantitative estimate of drug-likeness (QED) is 0.784. The molecule has 1 unspecified atom stereocenters. The highest BCUT2D eigenvalue weighted by atomic mass is 15.2. The lowest BCUT2D eigenvalue weighted by Gasteiger charge is -2.31. The van der Waals surface area contributed by atoms with Crippen molar-refractivity contribution in [1.82, 2.24) is 15.2 Å². The van der Waals surface area contributed by atoms with Gasteiger partial charge < -0.3 is 15.2 Å². The van der Waals surface area contributed by atoms with E-state index in [0.717, 1.165) is 19.6 Å². The lowest BCUT2D eigenvalue weighted by Crippen LogP contribution is -2.43. The summed E-state index contributed by atoms with van der Waals surface area (Å²) >= 11 is 0. The van der Waals surface area contributed by atoms with Gasteiger partial charge in [-0.3, -0.25) is 0 Å². The SMILES string of the molecule is Cc1c[nH]c2ccc(C3CN(C)CCN3)cc12. The van der Waals surface area contributed by atoms with Crippen LogP contribution in [0.2, 0.25) is 0 Å². The van der Waals surface area contributed by atoms with Gasteiger partial charge in [0.1, 0.15) is 0 Å². The number of benzene rings is 1. The van der Waals surface area contributed by atoms with Crippen molar-refractivity contribution in [2.24, 2.45) is 0 Å². The van der Waals surface area contributed by atoms with E-state index in [0.29, 0.717) is 6.04 Å². The highest BCUT2D eigenvalue weighted by Crippen LogP contribution is 2.23. The van der Waals surface area contributed by atoms with E-state index in [4.69, 9.17) is 0 Å². The number of aromatic nitrogens is 1. The third-order valence-corrected chi connectivity index (χ3v) is 3.69. The predicted molar refractivity (Wildman–Crippen MR) is 71.3 cm³/mol. The molecule has 0 spiro atoms. The summed E-state index contributed by atoms with van der Waals surface area (Å²) in [4.78, 5) is 5.68. The van der Waals surface area contributed by atoms with Crippen molar-refractivity contribution < 1.29 is 0 Å². The van der Waals surface area contributed by atoms with Crippen LogP contribution in [0.25, 0.3) is 10.9 Å². The molecule has 3 nitrogen and oxygen atoms in total. The summed E-state index contributed by atoms with van der Waals surface area (Å²) in [6, 6.07) is 7.20. The summed E-state index contributed by atoms with van der Waals surface area (Å²) in [5.74, 6) is 0. The Labute approximate surface area is 102 Å². The molecule has 1 fully saturated rings. The van der Waals surface area contributed by atoms with E-state index in [-0.39, 0.29) is 0 Å². The fourth-order valence-corrected chi connectivity index (χ4v) is 2.61. The van der Waals surface area contributed by atoms with Crippen molar-refractivity contribution in [3.8, 4) is 0 Å². The molecule has 2 aromatic rings. The fraction of sp³-hybridized carbons (Fsp3) is 0.429. The molecule has 3 rings (SSSR count). The number of nitrogens with zero attached hydrogens (tertiary/aromatic N) is 1. The van der Waals surface area contributed by atoms with Gasteiger partial charge in [-0.25, -0.2) is 0 Å². The summed E-state index contributed by atoms with van der Waals surface area (Å²) in [5.41, 5.74) is 3.95. The van der Waals surface area contributed by atoms with E-state index in [1.165, 1.54) is 22.0 Å². The Balaban J connectivity index is 1.96. The normalized spacial score (nSPS) is 22.1. The zero-order chi connectivity index (χ0) is 11.8. The van der Waals surface area contributed by atoms with Gasteiger partial charge in [-0.05, 0) is 37.2 Å². The zero-order valence-corrected chi connectivity index (χ0v) is 10.5. The Morgan fingerprint density at radius 1 is 1.35 bits per heavy atom. The number of H-pyrrole nitrogens is 1. The first-order valence-corrected chi connectivity index (χ1v) is 6.23. The Morgan fingerprint density at radius 2 is 2.24 bits per heavy atom. The second-order valence-corrected chi connectivity index (χ2v) is 5.05. The molecule has 0 aliphatic carbocycles. The monoisotopic (exact) mass is 229 g/mol. The number of aryl methyl sites for hydroxylation is 1. The number of aromatic amines is 1. The maximum atomic E-state index is 3.59. The van der Waals surface area contributed by atoms with Gasteiger partial charge in [0.15, 0.2) is 0 Å². The fourth-order valence-electron chi connectivity index (χ4n) is 2.61. The standard InChI is InChI=1S/C14H19N3/c1-10-8-16-13-4-3-11(7-12(10)13)14-9-17(2)6-5-15-14/h3-4,7-8,14-16H,5-6,9H2,1-2H3. The molecule has 1 aliphatic heterocycles. The van der Waals surface area contributed by atoms with Gasteiger partial charge in [-0.15, -0.1) is 0 Å². The summed E-state index contributed by atoms with van der Waals surface area (Å²) in [7, 11) is 2.19. The van der Waals surface area contributed by atoms with Gasteiger partial charge in [0, 0.05) is 42.8 Å². The molecule has 0 radical (unpaired) electrons. The van der Waals surface area contributed by atoms with Crippen molar-refractivity contribution in [2.45, 2.75) is 13.0 Å². The maximum absolute atomic E-state index is 3.59. The number of fused-ring (bicyclic) bond motifs is 1. The molecule has 1 aromatic carbocycles. The van der Waals surface area contributed by atoms with Gasteiger partial charge in [0.25, 0.3) is 0 Å². The summed E-state index contributed by atoms with van der Waals surface area (Å²) in [6.07, 6.45) is 2.08. The molecule has 17 heavy (non-hydrogen) atoms. The van der Waals surface area contributed by atoms with Crippen molar-refractivity contribution in [1.29, 1.82) is 0 Å². The maximum Gasteiger partial charge on any atom is 0.0456 e. The van der Waals surface area contributed by atoms with E-state index in [1.54, 1.807) is 0 Å². The molecule has 0 bridgehead atoms. The van der Waals surface area contributed by atoms with E-state index in [9.17, 15) is 0 Å². The van der Waals surface area contributed by atoms with E-state index in [1.807, 2.05) is 0 Å². The molecule has 1 aromatic heterocycles. The minimum absolute atomic E-state index is 0.465. The second kappa shape index (κ2) is 4.17. The largest absolute Gasteiger partial charge is 0.361 e. The van der Waals surface area contributed by atoms with Crippen LogP contribution in [0.15, 0.2) is 24.4 Å². The Morgan fingerprint density at radius 3 is 3.06 bits per heavy atom. The molecule has 0 saturated carbocycles. The molecule has 3 heteroatoms. The number of hydrogen-bond donors (Lipinski definition) is 2. The lowest BCUT2D eigenvalue weighted by molar-refractivity contribution is 0.241. The summed E-state index contributed by atoms with van der Waals surface area (Å²) in [5, 5.41) is 4.94. The van der Waals surface area contributed by atoms with Gasteiger partial charge in [-0.1, -0.05) is 6.07 Å². The molecular formula is C14H19N3. The highest BCUT2D eigenvalue weighted by Gasteiger charge is 2.18. The molecule has 1 aliphatic rings. The number of piperazine rings is 1. The minimum atomic E-state index is 0.465. The molecule has 0 amide bonds. The smallest absolute Gasteiger partial charge is 0.0456 e. The van der Waals surface area contributed by atoms with Crippen LogP contribution in [0.3, 0.4) is 0 Å². The van der Waals surface area contributed by atoms with Crippen LogP contribution in [0.1, 0.15) is 17.2 Å². The Kier molecular flexibility index (Phi) is 2.65. The molecule has 1 atom stereocenters. The van der Waals surface area contributed by atoms with Crippen LogP contribution in [0, 0.1) is 6.92 Å². The van der Waals surface area contributed by atoms with Gasteiger partial charge in [0.05, 0.1) is 0 Å². The van der Waals surface area contributed by atoms with Crippen LogP contribution < -0.4 is 5.32 Å². The number of hydrogen-bond acceptors (Lipinski definition) is 2. The molecule has 1 saturated heterocycles. The van der Waals surface area contributed by atoms with Crippen molar-refractivity contribution >= 4 is 10.9 Å². The van der Waals surface area contributed by atoms with Gasteiger partial charge >= 0.3 is 0 Å².